The Labute approximate surface area is 117 Å². The van der Waals surface area contributed by atoms with E-state index in [0.717, 1.165) is 32.7 Å². The Morgan fingerprint density at radius 1 is 1.32 bits per heavy atom. The molecule has 0 bridgehead atoms. The van der Waals surface area contributed by atoms with Crippen LogP contribution in [-0.4, -0.2) is 62.7 Å². The van der Waals surface area contributed by atoms with Gasteiger partial charge in [-0.3, -0.25) is 4.90 Å². The van der Waals surface area contributed by atoms with E-state index in [4.69, 9.17) is 10.5 Å². The molecule has 1 atom stereocenters. The van der Waals surface area contributed by atoms with Crippen molar-refractivity contribution in [1.29, 1.82) is 0 Å². The lowest BCUT2D eigenvalue weighted by molar-refractivity contribution is -0.0195. The zero-order valence-electron chi connectivity index (χ0n) is 12.4. The predicted octanol–water partition coefficient (Wildman–Crippen LogP) is 0.639. The first-order valence-electron chi connectivity index (χ1n) is 7.08. The van der Waals surface area contributed by atoms with Crippen LogP contribution in [0.25, 0.3) is 0 Å². The summed E-state index contributed by atoms with van der Waals surface area (Å²) in [5.41, 5.74) is 6.16. The quantitative estimate of drug-likeness (QED) is 0.745. The van der Waals surface area contributed by atoms with Crippen LogP contribution >= 0.6 is 0 Å². The number of nitrogens with zero attached hydrogens (tertiary/aromatic N) is 1. The van der Waals surface area contributed by atoms with Crippen molar-refractivity contribution in [3.63, 3.8) is 0 Å². The minimum atomic E-state index is -2.87. The van der Waals surface area contributed by atoms with Gasteiger partial charge in [-0.05, 0) is 26.7 Å². The maximum Gasteiger partial charge on any atom is 0.150 e. The summed E-state index contributed by atoms with van der Waals surface area (Å²) in [7, 11) is -2.87. The lowest BCUT2D eigenvalue weighted by atomic mass is 9.89. The molecule has 0 aromatic heterocycles. The van der Waals surface area contributed by atoms with Gasteiger partial charge in [-0.25, -0.2) is 8.42 Å². The largest absolute Gasteiger partial charge is 0.379 e. The Morgan fingerprint density at radius 2 is 1.89 bits per heavy atom. The molecule has 1 saturated heterocycles. The van der Waals surface area contributed by atoms with E-state index in [2.05, 4.69) is 18.7 Å². The van der Waals surface area contributed by atoms with Gasteiger partial charge in [-0.1, -0.05) is 6.92 Å². The molecule has 0 aromatic rings. The zero-order valence-corrected chi connectivity index (χ0v) is 13.2. The Hall–Kier alpha value is -0.170. The summed E-state index contributed by atoms with van der Waals surface area (Å²) in [4.78, 5) is 2.34. The minimum Gasteiger partial charge on any atom is -0.379 e. The molecule has 1 unspecified atom stereocenters. The van der Waals surface area contributed by atoms with Crippen LogP contribution in [0.2, 0.25) is 0 Å². The van der Waals surface area contributed by atoms with Crippen LogP contribution in [0.5, 0.6) is 0 Å². The second kappa shape index (κ2) is 7.02. The van der Waals surface area contributed by atoms with E-state index in [-0.39, 0.29) is 23.1 Å². The van der Waals surface area contributed by atoms with Crippen LogP contribution in [0.3, 0.4) is 0 Å². The number of morpholine rings is 1. The molecule has 1 rings (SSSR count). The maximum absolute atomic E-state index is 11.5. The second-order valence-corrected chi connectivity index (χ2v) is 8.21. The molecule has 0 saturated carbocycles. The summed E-state index contributed by atoms with van der Waals surface area (Å²) in [6.07, 6.45) is 1.38. The van der Waals surface area contributed by atoms with Crippen molar-refractivity contribution in [3.05, 3.63) is 0 Å². The first-order valence-corrected chi connectivity index (χ1v) is 8.90. The molecule has 1 heterocycles. The molecule has 2 N–H and O–H groups in total. The molecule has 0 spiro atoms. The van der Waals surface area contributed by atoms with Gasteiger partial charge in [0, 0.05) is 30.4 Å². The van der Waals surface area contributed by atoms with E-state index in [1.807, 2.05) is 0 Å². The molecule has 1 fully saturated rings. The first kappa shape index (κ1) is 16.9. The van der Waals surface area contributed by atoms with E-state index in [9.17, 15) is 8.42 Å². The van der Waals surface area contributed by atoms with E-state index >= 15 is 0 Å². The van der Waals surface area contributed by atoms with Gasteiger partial charge in [-0.2, -0.15) is 0 Å². The Kier molecular flexibility index (Phi) is 6.23. The highest BCUT2D eigenvalue weighted by Gasteiger charge is 2.33. The highest BCUT2D eigenvalue weighted by molar-refractivity contribution is 7.91. The Morgan fingerprint density at radius 3 is 2.42 bits per heavy atom. The summed E-state index contributed by atoms with van der Waals surface area (Å²) < 4.78 is 28.3. The van der Waals surface area contributed by atoms with E-state index < -0.39 is 9.84 Å². The molecule has 0 amide bonds. The standard InChI is InChI=1S/C13H28N2O3S/c1-4-19(16,17)11-5-6-12(14)13(2,3)15-7-9-18-10-8-15/h12H,4-11,14H2,1-3H3. The van der Waals surface area contributed by atoms with Crippen LogP contribution in [0.1, 0.15) is 33.6 Å². The van der Waals surface area contributed by atoms with Crippen molar-refractivity contribution >= 4 is 9.84 Å². The second-order valence-electron chi connectivity index (χ2n) is 5.74. The number of nitrogens with two attached hydrogens (primary N) is 1. The van der Waals surface area contributed by atoms with Gasteiger partial charge < -0.3 is 10.5 Å². The summed E-state index contributed by atoms with van der Waals surface area (Å²) in [5, 5.41) is 0. The molecular formula is C13H28N2O3S. The maximum atomic E-state index is 11.5. The molecule has 0 aliphatic carbocycles. The van der Waals surface area contributed by atoms with Gasteiger partial charge in [-0.15, -0.1) is 0 Å². The lowest BCUT2D eigenvalue weighted by Gasteiger charge is -2.44. The van der Waals surface area contributed by atoms with Gasteiger partial charge in [0.15, 0.2) is 0 Å². The number of rotatable bonds is 7. The van der Waals surface area contributed by atoms with Crippen LogP contribution in [0, 0.1) is 0 Å². The highest BCUT2D eigenvalue weighted by Crippen LogP contribution is 2.22. The normalized spacial score (nSPS) is 20.4. The third-order valence-electron chi connectivity index (χ3n) is 4.14. The summed E-state index contributed by atoms with van der Waals surface area (Å²) in [6, 6.07) is -0.0161. The predicted molar refractivity (Wildman–Crippen MR) is 78.0 cm³/mol. The number of hydrogen-bond acceptors (Lipinski definition) is 5. The van der Waals surface area contributed by atoms with Crippen LogP contribution < -0.4 is 5.73 Å². The van der Waals surface area contributed by atoms with Crippen molar-refractivity contribution < 1.29 is 13.2 Å². The van der Waals surface area contributed by atoms with Crippen molar-refractivity contribution in [3.8, 4) is 0 Å². The molecular weight excluding hydrogens is 264 g/mol. The van der Waals surface area contributed by atoms with Crippen molar-refractivity contribution in [2.45, 2.75) is 45.2 Å². The summed E-state index contributed by atoms with van der Waals surface area (Å²) in [6.45, 7) is 9.25. The van der Waals surface area contributed by atoms with E-state index in [1.54, 1.807) is 6.92 Å². The van der Waals surface area contributed by atoms with Crippen LogP contribution in [-0.2, 0) is 14.6 Å². The van der Waals surface area contributed by atoms with Crippen molar-refractivity contribution in [1.82, 2.24) is 4.90 Å². The highest BCUT2D eigenvalue weighted by atomic mass is 32.2. The summed E-state index contributed by atoms with van der Waals surface area (Å²) in [5.74, 6) is 0.464. The zero-order chi connectivity index (χ0) is 14.5. The number of sulfone groups is 1. The lowest BCUT2D eigenvalue weighted by Crippen LogP contribution is -2.59. The van der Waals surface area contributed by atoms with Gasteiger partial charge in [0.2, 0.25) is 0 Å². The molecule has 0 radical (unpaired) electrons. The molecule has 5 nitrogen and oxygen atoms in total. The van der Waals surface area contributed by atoms with Crippen molar-refractivity contribution in [2.24, 2.45) is 5.73 Å². The molecule has 0 aromatic carbocycles. The van der Waals surface area contributed by atoms with Gasteiger partial charge >= 0.3 is 0 Å². The van der Waals surface area contributed by atoms with Crippen LogP contribution in [0.4, 0.5) is 0 Å². The Balaban J connectivity index is 2.44. The fraction of sp³-hybridized carbons (Fsp3) is 1.00. The fourth-order valence-corrected chi connectivity index (χ4v) is 3.29. The monoisotopic (exact) mass is 292 g/mol. The SMILES string of the molecule is CCS(=O)(=O)CCCC(N)C(C)(C)N1CCOCC1. The molecule has 6 heteroatoms. The van der Waals surface area contributed by atoms with E-state index in [1.165, 1.54) is 0 Å². The minimum absolute atomic E-state index is 0.0161. The Bertz CT molecular complexity index is 362. The molecule has 1 aliphatic rings. The topological polar surface area (TPSA) is 72.6 Å². The third kappa shape index (κ3) is 5.02. The smallest absolute Gasteiger partial charge is 0.150 e. The van der Waals surface area contributed by atoms with Gasteiger partial charge in [0.25, 0.3) is 0 Å². The number of ether oxygens (including phenoxy) is 1. The number of hydrogen-bond donors (Lipinski definition) is 1. The first-order chi connectivity index (χ1) is 8.79. The van der Waals surface area contributed by atoms with E-state index in [0.29, 0.717) is 6.42 Å². The van der Waals surface area contributed by atoms with Crippen LogP contribution in [0.15, 0.2) is 0 Å². The molecule has 1 aliphatic heterocycles. The van der Waals surface area contributed by atoms with Gasteiger partial charge in [0.1, 0.15) is 9.84 Å². The van der Waals surface area contributed by atoms with Gasteiger partial charge in [0.05, 0.1) is 19.0 Å². The fourth-order valence-electron chi connectivity index (χ4n) is 2.39. The average molecular weight is 292 g/mol. The average Bonchev–Trinajstić information content (AvgIpc) is 2.39. The molecule has 19 heavy (non-hydrogen) atoms. The molecule has 114 valence electrons. The summed E-state index contributed by atoms with van der Waals surface area (Å²) >= 11 is 0. The van der Waals surface area contributed by atoms with Crippen molar-refractivity contribution in [2.75, 3.05) is 37.8 Å². The third-order valence-corrected chi connectivity index (χ3v) is 5.93.